The van der Waals surface area contributed by atoms with Crippen LogP contribution < -0.4 is 4.74 Å². The second kappa shape index (κ2) is 12.3. The highest BCUT2D eigenvalue weighted by Gasteiger charge is 2.35. The van der Waals surface area contributed by atoms with Gasteiger partial charge in [-0.2, -0.15) is 4.39 Å². The van der Waals surface area contributed by atoms with Crippen LogP contribution in [0, 0.1) is 35.3 Å². The Hall–Kier alpha value is -0.680. The molecule has 1 aromatic rings. The van der Waals surface area contributed by atoms with Crippen LogP contribution in [0.25, 0.3) is 0 Å². The minimum absolute atomic E-state index is 0.0336. The van der Waals surface area contributed by atoms with Gasteiger partial charge in [0, 0.05) is 0 Å². The van der Waals surface area contributed by atoms with Crippen LogP contribution in [-0.2, 0) is 0 Å². The number of halogens is 2. The third-order valence-electron chi connectivity index (χ3n) is 8.34. The summed E-state index contributed by atoms with van der Waals surface area (Å²) in [5.74, 6) is 4.79. The minimum atomic E-state index is -0.819. The first kappa shape index (κ1) is 25.4. The Bertz CT molecular complexity index is 761. The summed E-state index contributed by atoms with van der Waals surface area (Å²) in [7, 11) is 0. The molecule has 3 aliphatic rings. The molecule has 0 aromatic heterocycles. The zero-order valence-corrected chi connectivity index (χ0v) is 21.7. The van der Waals surface area contributed by atoms with E-state index in [9.17, 15) is 8.78 Å². The molecule has 0 bridgehead atoms. The number of benzene rings is 1. The SMILES string of the molecule is C=CCCC1SCC(C2CCC(C3CCC(c4ccc(OCC)c(F)c4F)CC3)CC2)CS1. The number of rotatable bonds is 8. The fourth-order valence-electron chi connectivity index (χ4n) is 6.37. The lowest BCUT2D eigenvalue weighted by molar-refractivity contribution is 0.143. The van der Waals surface area contributed by atoms with Crippen molar-refractivity contribution in [2.75, 3.05) is 18.1 Å². The summed E-state index contributed by atoms with van der Waals surface area (Å²) in [4.78, 5) is 0. The Labute approximate surface area is 207 Å². The largest absolute Gasteiger partial charge is 0.491 e. The van der Waals surface area contributed by atoms with E-state index < -0.39 is 11.6 Å². The molecule has 0 atom stereocenters. The fourth-order valence-corrected chi connectivity index (χ4v) is 9.68. The van der Waals surface area contributed by atoms with Crippen molar-refractivity contribution in [2.45, 2.75) is 81.6 Å². The number of ether oxygens (including phenoxy) is 1. The van der Waals surface area contributed by atoms with Gasteiger partial charge in [-0.1, -0.05) is 12.1 Å². The lowest BCUT2D eigenvalue weighted by atomic mass is 9.67. The van der Waals surface area contributed by atoms with E-state index in [0.29, 0.717) is 12.2 Å². The molecule has 1 aromatic carbocycles. The molecule has 0 amide bonds. The third-order valence-corrected chi connectivity index (χ3v) is 11.6. The van der Waals surface area contributed by atoms with Crippen molar-refractivity contribution in [3.8, 4) is 5.75 Å². The predicted molar refractivity (Wildman–Crippen MR) is 139 cm³/mol. The zero-order chi connectivity index (χ0) is 23.2. The van der Waals surface area contributed by atoms with Gasteiger partial charge in [0.15, 0.2) is 11.6 Å². The van der Waals surface area contributed by atoms with Gasteiger partial charge < -0.3 is 4.74 Å². The smallest absolute Gasteiger partial charge is 0.200 e. The van der Waals surface area contributed by atoms with Crippen LogP contribution in [-0.4, -0.2) is 22.7 Å². The molecule has 0 radical (unpaired) electrons. The molecule has 0 unspecified atom stereocenters. The van der Waals surface area contributed by atoms with Crippen molar-refractivity contribution >= 4 is 23.5 Å². The maximum atomic E-state index is 14.7. The molecule has 0 N–H and O–H groups in total. The molecule has 0 spiro atoms. The van der Waals surface area contributed by atoms with Crippen molar-refractivity contribution in [1.29, 1.82) is 0 Å². The molecule has 4 rings (SSSR count). The van der Waals surface area contributed by atoms with Crippen LogP contribution in [0.15, 0.2) is 24.8 Å². The molecule has 1 heterocycles. The van der Waals surface area contributed by atoms with Crippen molar-refractivity contribution < 1.29 is 13.5 Å². The summed E-state index contributed by atoms with van der Waals surface area (Å²) >= 11 is 4.37. The van der Waals surface area contributed by atoms with Crippen molar-refractivity contribution in [2.24, 2.45) is 23.7 Å². The summed E-state index contributed by atoms with van der Waals surface area (Å²) in [6, 6.07) is 3.36. The molecular weight excluding hydrogens is 454 g/mol. The number of hydrogen-bond acceptors (Lipinski definition) is 3. The number of thioether (sulfide) groups is 2. The average Bonchev–Trinajstić information content (AvgIpc) is 2.86. The molecular formula is C28H40F2OS2. The van der Waals surface area contributed by atoms with Crippen LogP contribution in [0.2, 0.25) is 0 Å². The van der Waals surface area contributed by atoms with E-state index in [1.54, 1.807) is 19.1 Å². The first-order valence-corrected chi connectivity index (χ1v) is 15.1. The van der Waals surface area contributed by atoms with Gasteiger partial charge in [0.25, 0.3) is 0 Å². The van der Waals surface area contributed by atoms with E-state index >= 15 is 0 Å². The molecule has 1 nitrogen and oxygen atoms in total. The van der Waals surface area contributed by atoms with E-state index in [1.807, 2.05) is 0 Å². The van der Waals surface area contributed by atoms with E-state index in [-0.39, 0.29) is 11.7 Å². The highest BCUT2D eigenvalue weighted by atomic mass is 32.2. The summed E-state index contributed by atoms with van der Waals surface area (Å²) in [5.41, 5.74) is 0.553. The summed E-state index contributed by atoms with van der Waals surface area (Å²) in [5, 5.41) is 0. The Morgan fingerprint density at radius 1 is 0.879 bits per heavy atom. The van der Waals surface area contributed by atoms with Gasteiger partial charge >= 0.3 is 0 Å². The Morgan fingerprint density at radius 3 is 2.03 bits per heavy atom. The lowest BCUT2D eigenvalue weighted by Gasteiger charge is -2.41. The van der Waals surface area contributed by atoms with Gasteiger partial charge in [0.1, 0.15) is 0 Å². The average molecular weight is 495 g/mol. The highest BCUT2D eigenvalue weighted by molar-refractivity contribution is 8.17. The lowest BCUT2D eigenvalue weighted by Crippen LogP contribution is -2.31. The van der Waals surface area contributed by atoms with E-state index in [0.717, 1.165) is 60.4 Å². The van der Waals surface area contributed by atoms with Gasteiger partial charge in [0.2, 0.25) is 5.82 Å². The Kier molecular flexibility index (Phi) is 9.50. The van der Waals surface area contributed by atoms with Crippen LogP contribution in [0.1, 0.15) is 82.6 Å². The van der Waals surface area contributed by atoms with E-state index in [4.69, 9.17) is 4.74 Å². The molecule has 1 saturated heterocycles. The van der Waals surface area contributed by atoms with Gasteiger partial charge in [-0.05, 0) is 124 Å². The molecule has 33 heavy (non-hydrogen) atoms. The van der Waals surface area contributed by atoms with Crippen LogP contribution in [0.3, 0.4) is 0 Å². The molecule has 184 valence electrons. The molecule has 2 saturated carbocycles. The Morgan fingerprint density at radius 2 is 1.45 bits per heavy atom. The fraction of sp³-hybridized carbons (Fsp3) is 0.714. The summed E-state index contributed by atoms with van der Waals surface area (Å²) < 4.78 is 35.0. The minimum Gasteiger partial charge on any atom is -0.491 e. The monoisotopic (exact) mass is 494 g/mol. The second-order valence-corrected chi connectivity index (χ2v) is 13.0. The maximum Gasteiger partial charge on any atom is 0.200 e. The number of allylic oxidation sites excluding steroid dienone is 1. The van der Waals surface area contributed by atoms with Gasteiger partial charge in [-0.15, -0.1) is 30.1 Å². The first-order chi connectivity index (χ1) is 16.1. The van der Waals surface area contributed by atoms with Gasteiger partial charge in [-0.3, -0.25) is 0 Å². The molecule has 2 aliphatic carbocycles. The maximum absolute atomic E-state index is 14.7. The van der Waals surface area contributed by atoms with Gasteiger partial charge in [0.05, 0.1) is 11.2 Å². The van der Waals surface area contributed by atoms with E-state index in [1.165, 1.54) is 43.6 Å². The second-order valence-electron chi connectivity index (χ2n) is 10.2. The standard InChI is InChI=1S/C28H40F2OS2/c1-3-5-6-26-32-17-23(18-33-26)21-9-7-19(8-10-21)20-11-13-22(14-12-20)24-15-16-25(31-4-2)28(30)27(24)29/h3,15-16,19-23,26H,1,4-14,17-18H2,2H3. The molecule has 1 aliphatic heterocycles. The summed E-state index contributed by atoms with van der Waals surface area (Å²) in [6.45, 7) is 5.99. The van der Waals surface area contributed by atoms with Crippen LogP contribution in [0.5, 0.6) is 5.75 Å². The molecule has 3 fully saturated rings. The van der Waals surface area contributed by atoms with Crippen molar-refractivity contribution in [3.63, 3.8) is 0 Å². The Balaban J connectivity index is 1.22. The van der Waals surface area contributed by atoms with Crippen LogP contribution in [0.4, 0.5) is 8.78 Å². The topological polar surface area (TPSA) is 9.23 Å². The first-order valence-electron chi connectivity index (χ1n) is 13.0. The highest BCUT2D eigenvalue weighted by Crippen LogP contribution is 2.48. The van der Waals surface area contributed by atoms with E-state index in [2.05, 4.69) is 36.2 Å². The quantitative estimate of drug-likeness (QED) is 0.334. The van der Waals surface area contributed by atoms with Crippen LogP contribution >= 0.6 is 23.5 Å². The molecule has 5 heteroatoms. The predicted octanol–water partition coefficient (Wildman–Crippen LogP) is 8.83. The van der Waals surface area contributed by atoms with Crippen molar-refractivity contribution in [3.05, 3.63) is 42.0 Å². The normalized spacial score (nSPS) is 32.9. The van der Waals surface area contributed by atoms with Gasteiger partial charge in [-0.25, -0.2) is 4.39 Å². The number of hydrogen-bond donors (Lipinski definition) is 0. The zero-order valence-electron chi connectivity index (χ0n) is 20.1. The summed E-state index contributed by atoms with van der Waals surface area (Å²) in [6.07, 6.45) is 14.3. The van der Waals surface area contributed by atoms with Crippen molar-refractivity contribution in [1.82, 2.24) is 0 Å². The third kappa shape index (κ3) is 6.31.